The van der Waals surface area contributed by atoms with Crippen LogP contribution in [0.2, 0.25) is 0 Å². The van der Waals surface area contributed by atoms with Crippen LogP contribution >= 0.6 is 0 Å². The summed E-state index contributed by atoms with van der Waals surface area (Å²) in [6.07, 6.45) is 1.83. The van der Waals surface area contributed by atoms with Gasteiger partial charge in [-0.3, -0.25) is 4.72 Å². The lowest BCUT2D eigenvalue weighted by atomic mass is 10.4. The van der Waals surface area contributed by atoms with Gasteiger partial charge in [0.05, 0.1) is 0 Å². The minimum absolute atomic E-state index is 0.236. The highest BCUT2D eigenvalue weighted by molar-refractivity contribution is 7.90. The lowest BCUT2D eigenvalue weighted by molar-refractivity contribution is 0.400. The first kappa shape index (κ1) is 10.4. The van der Waals surface area contributed by atoms with E-state index in [1.54, 1.807) is 13.0 Å². The number of rotatable bonds is 3. The zero-order chi connectivity index (χ0) is 10.9. The summed E-state index contributed by atoms with van der Waals surface area (Å²) < 4.78 is 32.1. The maximum absolute atomic E-state index is 11.7. The highest BCUT2D eigenvalue weighted by atomic mass is 32.2. The molecule has 0 aromatic carbocycles. The molecule has 1 aromatic heterocycles. The third-order valence-electron chi connectivity index (χ3n) is 2.27. The van der Waals surface area contributed by atoms with Crippen molar-refractivity contribution in [1.82, 2.24) is 9.46 Å². The number of anilines is 1. The summed E-state index contributed by atoms with van der Waals surface area (Å²) in [6.45, 7) is 2.86. The first-order chi connectivity index (χ1) is 7.08. The summed E-state index contributed by atoms with van der Waals surface area (Å²) in [6, 6.07) is 1.55. The average Bonchev–Trinajstić information content (AvgIpc) is 2.75. The van der Waals surface area contributed by atoms with E-state index in [2.05, 4.69) is 9.88 Å². The normalized spacial score (nSPS) is 18.2. The molecule has 0 radical (unpaired) electrons. The van der Waals surface area contributed by atoms with Crippen LogP contribution in [0, 0.1) is 6.92 Å². The van der Waals surface area contributed by atoms with Gasteiger partial charge in [-0.1, -0.05) is 5.16 Å². The van der Waals surface area contributed by atoms with Crippen LogP contribution in [0.3, 0.4) is 0 Å². The van der Waals surface area contributed by atoms with E-state index in [1.807, 2.05) is 0 Å². The third kappa shape index (κ3) is 2.29. The Kier molecular flexibility index (Phi) is 2.66. The van der Waals surface area contributed by atoms with Gasteiger partial charge in [0.1, 0.15) is 5.76 Å². The average molecular weight is 231 g/mol. The molecule has 6 nitrogen and oxygen atoms in total. The van der Waals surface area contributed by atoms with E-state index in [1.165, 1.54) is 4.31 Å². The lowest BCUT2D eigenvalue weighted by Gasteiger charge is -2.14. The summed E-state index contributed by atoms with van der Waals surface area (Å²) in [5, 5.41) is 3.58. The lowest BCUT2D eigenvalue weighted by Crippen LogP contribution is -2.33. The van der Waals surface area contributed by atoms with Gasteiger partial charge in [0.25, 0.3) is 0 Å². The summed E-state index contributed by atoms with van der Waals surface area (Å²) in [4.78, 5) is 0. The maximum atomic E-state index is 11.7. The van der Waals surface area contributed by atoms with E-state index in [4.69, 9.17) is 4.52 Å². The molecular weight excluding hydrogens is 218 g/mol. The van der Waals surface area contributed by atoms with E-state index in [-0.39, 0.29) is 5.82 Å². The summed E-state index contributed by atoms with van der Waals surface area (Å²) in [7, 11) is -3.44. The van der Waals surface area contributed by atoms with E-state index < -0.39 is 10.2 Å². The maximum Gasteiger partial charge on any atom is 0.302 e. The van der Waals surface area contributed by atoms with Gasteiger partial charge in [-0.15, -0.1) is 0 Å². The van der Waals surface area contributed by atoms with Crippen molar-refractivity contribution >= 4 is 16.0 Å². The first-order valence-corrected chi connectivity index (χ1v) is 6.23. The Morgan fingerprint density at radius 2 is 2.13 bits per heavy atom. The highest BCUT2D eigenvalue weighted by Crippen LogP contribution is 2.16. The van der Waals surface area contributed by atoms with Crippen LogP contribution in [0.1, 0.15) is 18.6 Å². The SMILES string of the molecule is Cc1cc(NS(=O)(=O)N2CCCC2)no1. The second kappa shape index (κ2) is 3.82. The molecule has 1 fully saturated rings. The predicted octanol–water partition coefficient (Wildman–Crippen LogP) is 0.736. The molecule has 2 heterocycles. The fourth-order valence-corrected chi connectivity index (χ4v) is 2.77. The van der Waals surface area contributed by atoms with Crippen molar-refractivity contribution in [3.63, 3.8) is 0 Å². The Morgan fingerprint density at radius 3 is 2.67 bits per heavy atom. The minimum Gasteiger partial charge on any atom is -0.360 e. The summed E-state index contributed by atoms with van der Waals surface area (Å²) in [5.74, 6) is 0.813. The second-order valence-corrected chi connectivity index (χ2v) is 5.21. The number of hydrogen-bond donors (Lipinski definition) is 1. The van der Waals surface area contributed by atoms with Crippen LogP contribution in [0.25, 0.3) is 0 Å². The Bertz CT molecular complexity index is 434. The molecular formula is C8H13N3O3S. The van der Waals surface area contributed by atoms with Crippen LogP contribution in [0.4, 0.5) is 5.82 Å². The molecule has 84 valence electrons. The number of nitrogens with zero attached hydrogens (tertiary/aromatic N) is 2. The Labute approximate surface area is 88.4 Å². The molecule has 1 N–H and O–H groups in total. The van der Waals surface area contributed by atoms with Gasteiger partial charge in [-0.05, 0) is 19.8 Å². The molecule has 0 saturated carbocycles. The molecule has 2 rings (SSSR count). The number of nitrogens with one attached hydrogen (secondary N) is 1. The quantitative estimate of drug-likeness (QED) is 0.832. The Morgan fingerprint density at radius 1 is 1.47 bits per heavy atom. The van der Waals surface area contributed by atoms with Crippen molar-refractivity contribution in [3.05, 3.63) is 11.8 Å². The van der Waals surface area contributed by atoms with Crippen molar-refractivity contribution in [1.29, 1.82) is 0 Å². The van der Waals surface area contributed by atoms with Gasteiger partial charge in [-0.25, -0.2) is 0 Å². The molecule has 1 aliphatic rings. The molecule has 0 unspecified atom stereocenters. The Balaban J connectivity index is 2.10. The molecule has 1 saturated heterocycles. The predicted molar refractivity (Wildman–Crippen MR) is 54.6 cm³/mol. The van der Waals surface area contributed by atoms with Crippen LogP contribution in [0.15, 0.2) is 10.6 Å². The van der Waals surface area contributed by atoms with Crippen molar-refractivity contribution < 1.29 is 12.9 Å². The smallest absolute Gasteiger partial charge is 0.302 e. The molecule has 7 heteroatoms. The molecule has 0 amide bonds. The van der Waals surface area contributed by atoms with Gasteiger partial charge in [0, 0.05) is 19.2 Å². The second-order valence-electron chi connectivity index (χ2n) is 3.54. The monoisotopic (exact) mass is 231 g/mol. The number of hydrogen-bond acceptors (Lipinski definition) is 4. The first-order valence-electron chi connectivity index (χ1n) is 4.79. The summed E-state index contributed by atoms with van der Waals surface area (Å²) >= 11 is 0. The molecule has 0 aliphatic carbocycles. The van der Waals surface area contributed by atoms with Crippen LogP contribution in [0.5, 0.6) is 0 Å². The topological polar surface area (TPSA) is 75.4 Å². The van der Waals surface area contributed by atoms with E-state index in [0.717, 1.165) is 12.8 Å². The van der Waals surface area contributed by atoms with Crippen LogP contribution in [-0.2, 0) is 10.2 Å². The molecule has 0 spiro atoms. The van der Waals surface area contributed by atoms with Crippen molar-refractivity contribution in [3.8, 4) is 0 Å². The summed E-state index contributed by atoms with van der Waals surface area (Å²) in [5.41, 5.74) is 0. The van der Waals surface area contributed by atoms with E-state index >= 15 is 0 Å². The fourth-order valence-electron chi connectivity index (χ4n) is 1.54. The van der Waals surface area contributed by atoms with Crippen LogP contribution < -0.4 is 4.72 Å². The number of aryl methyl sites for hydroxylation is 1. The van der Waals surface area contributed by atoms with Gasteiger partial charge >= 0.3 is 10.2 Å². The molecule has 0 bridgehead atoms. The van der Waals surface area contributed by atoms with Gasteiger partial charge in [-0.2, -0.15) is 12.7 Å². The highest BCUT2D eigenvalue weighted by Gasteiger charge is 2.25. The number of aromatic nitrogens is 1. The molecule has 1 aliphatic heterocycles. The standard InChI is InChI=1S/C8H13N3O3S/c1-7-6-8(9-14-7)10-15(12,13)11-4-2-3-5-11/h6H,2-5H2,1H3,(H,9,10). The Hall–Kier alpha value is -1.08. The van der Waals surface area contributed by atoms with Crippen molar-refractivity contribution in [2.75, 3.05) is 17.8 Å². The molecule has 1 aromatic rings. The third-order valence-corrected chi connectivity index (χ3v) is 3.78. The fraction of sp³-hybridized carbons (Fsp3) is 0.625. The largest absolute Gasteiger partial charge is 0.360 e. The van der Waals surface area contributed by atoms with Gasteiger partial charge in [0.2, 0.25) is 0 Å². The van der Waals surface area contributed by atoms with Crippen LogP contribution in [-0.4, -0.2) is 31.0 Å². The zero-order valence-electron chi connectivity index (χ0n) is 8.43. The minimum atomic E-state index is -3.44. The van der Waals surface area contributed by atoms with Crippen molar-refractivity contribution in [2.24, 2.45) is 0 Å². The molecule has 0 atom stereocenters. The molecule has 15 heavy (non-hydrogen) atoms. The van der Waals surface area contributed by atoms with E-state index in [0.29, 0.717) is 18.8 Å². The zero-order valence-corrected chi connectivity index (χ0v) is 9.25. The van der Waals surface area contributed by atoms with Gasteiger partial charge in [0.15, 0.2) is 5.82 Å². The van der Waals surface area contributed by atoms with Crippen molar-refractivity contribution in [2.45, 2.75) is 19.8 Å². The van der Waals surface area contributed by atoms with Gasteiger partial charge < -0.3 is 4.52 Å². The van der Waals surface area contributed by atoms with E-state index in [9.17, 15) is 8.42 Å².